The van der Waals surface area contributed by atoms with Crippen molar-refractivity contribution in [3.05, 3.63) is 24.6 Å². The molecule has 0 aromatic rings. The van der Waals surface area contributed by atoms with Crippen molar-refractivity contribution in [1.82, 2.24) is 0 Å². The van der Waals surface area contributed by atoms with Gasteiger partial charge in [-0.25, -0.2) is 0 Å². The van der Waals surface area contributed by atoms with E-state index in [0.717, 1.165) is 5.70 Å². The molecule has 2 N–H and O–H groups in total. The number of rotatable bonds is 2. The number of hydrogen-bond donors (Lipinski definition) is 1. The molecule has 8 heavy (non-hydrogen) atoms. The van der Waals surface area contributed by atoms with Gasteiger partial charge in [0.2, 0.25) is 0 Å². The summed E-state index contributed by atoms with van der Waals surface area (Å²) in [5.74, 6) is 0. The molecule has 0 saturated carbocycles. The van der Waals surface area contributed by atoms with Crippen LogP contribution in [0.3, 0.4) is 0 Å². The highest BCUT2D eigenvalue weighted by atomic mass is 14.7. The van der Waals surface area contributed by atoms with Gasteiger partial charge in [0.1, 0.15) is 0 Å². The summed E-state index contributed by atoms with van der Waals surface area (Å²) in [6.07, 6.45) is 4.77. The van der Waals surface area contributed by atoms with E-state index in [4.69, 9.17) is 5.73 Å². The van der Waals surface area contributed by atoms with Gasteiger partial charge < -0.3 is 5.73 Å². The molecule has 0 amide bonds. The Morgan fingerprint density at radius 1 is 1.75 bits per heavy atom. The topological polar surface area (TPSA) is 38.4 Å². The van der Waals surface area contributed by atoms with Gasteiger partial charge in [0, 0.05) is 18.1 Å². The standard InChI is InChI=1S/C6H10N2/c1-3-8-5-4-6(2)7/h3-5H,1,7H2,2H3/b6-4+,8-5?. The Bertz CT molecular complexity index is 118. The lowest BCUT2D eigenvalue weighted by Gasteiger charge is -1.79. The first-order chi connectivity index (χ1) is 3.77. The van der Waals surface area contributed by atoms with Crippen LogP contribution in [0, 0.1) is 0 Å². The van der Waals surface area contributed by atoms with E-state index in [2.05, 4.69) is 11.6 Å². The van der Waals surface area contributed by atoms with Crippen molar-refractivity contribution >= 4 is 6.21 Å². The summed E-state index contributed by atoms with van der Waals surface area (Å²) in [7, 11) is 0. The summed E-state index contributed by atoms with van der Waals surface area (Å²) in [5, 5.41) is 0. The molecule has 0 bridgehead atoms. The van der Waals surface area contributed by atoms with Gasteiger partial charge in [-0.3, -0.25) is 4.99 Å². The van der Waals surface area contributed by atoms with Crippen LogP contribution in [0.1, 0.15) is 6.92 Å². The van der Waals surface area contributed by atoms with Crippen LogP contribution >= 0.6 is 0 Å². The van der Waals surface area contributed by atoms with Crippen LogP contribution in [0.15, 0.2) is 29.5 Å². The third-order valence-corrected chi connectivity index (χ3v) is 0.529. The van der Waals surface area contributed by atoms with E-state index in [1.165, 1.54) is 6.20 Å². The van der Waals surface area contributed by atoms with E-state index >= 15 is 0 Å². The van der Waals surface area contributed by atoms with Crippen molar-refractivity contribution in [2.75, 3.05) is 0 Å². The maximum atomic E-state index is 5.27. The fraction of sp³-hybridized carbons (Fsp3) is 0.167. The maximum Gasteiger partial charge on any atom is 0.0284 e. The van der Waals surface area contributed by atoms with Gasteiger partial charge in [0.05, 0.1) is 0 Å². The molecule has 0 aromatic heterocycles. The monoisotopic (exact) mass is 110 g/mol. The number of aliphatic imine (C=N–C) groups is 1. The minimum atomic E-state index is 0.746. The SMILES string of the molecule is C=CN=C/C=C(\C)N. The summed E-state index contributed by atoms with van der Waals surface area (Å²) < 4.78 is 0. The molecule has 0 aliphatic carbocycles. The lowest BCUT2D eigenvalue weighted by Crippen LogP contribution is -1.89. The molecule has 0 aliphatic heterocycles. The fourth-order valence-corrected chi connectivity index (χ4v) is 0.221. The Hall–Kier alpha value is -1.05. The van der Waals surface area contributed by atoms with Crippen LogP contribution in [-0.2, 0) is 0 Å². The first-order valence-electron chi connectivity index (χ1n) is 2.34. The van der Waals surface area contributed by atoms with E-state index < -0.39 is 0 Å². The molecule has 0 unspecified atom stereocenters. The van der Waals surface area contributed by atoms with Crippen LogP contribution in [0.25, 0.3) is 0 Å². The lowest BCUT2D eigenvalue weighted by molar-refractivity contribution is 1.33. The third kappa shape index (κ3) is 4.95. The second-order valence-corrected chi connectivity index (χ2v) is 1.39. The molecule has 0 saturated heterocycles. The zero-order valence-electron chi connectivity index (χ0n) is 4.96. The number of hydrogen-bond acceptors (Lipinski definition) is 2. The third-order valence-electron chi connectivity index (χ3n) is 0.529. The Labute approximate surface area is 49.4 Å². The zero-order valence-corrected chi connectivity index (χ0v) is 4.96. The van der Waals surface area contributed by atoms with Gasteiger partial charge in [-0.15, -0.1) is 0 Å². The normalized spacial score (nSPS) is 12.4. The molecular weight excluding hydrogens is 100 g/mol. The average molecular weight is 110 g/mol. The van der Waals surface area contributed by atoms with Gasteiger partial charge in [-0.1, -0.05) is 6.58 Å². The summed E-state index contributed by atoms with van der Waals surface area (Å²) in [4.78, 5) is 3.69. The second kappa shape index (κ2) is 4.12. The molecule has 0 aliphatic rings. The van der Waals surface area contributed by atoms with E-state index in [0.29, 0.717) is 0 Å². The fourth-order valence-electron chi connectivity index (χ4n) is 0.221. The summed E-state index contributed by atoms with van der Waals surface area (Å²) in [6.45, 7) is 5.19. The van der Waals surface area contributed by atoms with Crippen molar-refractivity contribution in [2.45, 2.75) is 6.92 Å². The van der Waals surface area contributed by atoms with Crippen molar-refractivity contribution in [3.8, 4) is 0 Å². The first-order valence-corrected chi connectivity index (χ1v) is 2.34. The molecule has 2 heteroatoms. The lowest BCUT2D eigenvalue weighted by atomic mass is 10.5. The molecule has 2 nitrogen and oxygen atoms in total. The largest absolute Gasteiger partial charge is 0.402 e. The Kier molecular flexibility index (Phi) is 3.58. The number of nitrogens with zero attached hydrogens (tertiary/aromatic N) is 1. The van der Waals surface area contributed by atoms with Gasteiger partial charge in [-0.2, -0.15) is 0 Å². The maximum absolute atomic E-state index is 5.27. The van der Waals surface area contributed by atoms with Crippen LogP contribution in [0.4, 0.5) is 0 Å². The summed E-state index contributed by atoms with van der Waals surface area (Å²) >= 11 is 0. The Balaban J connectivity index is 3.57. The molecular formula is C6H10N2. The minimum Gasteiger partial charge on any atom is -0.402 e. The molecule has 0 atom stereocenters. The highest BCUT2D eigenvalue weighted by molar-refractivity contribution is 5.72. The first kappa shape index (κ1) is 6.95. The molecule has 0 fully saturated rings. The van der Waals surface area contributed by atoms with Crippen LogP contribution in [0.5, 0.6) is 0 Å². The average Bonchev–Trinajstić information content (AvgIpc) is 1.66. The van der Waals surface area contributed by atoms with Gasteiger partial charge in [0.15, 0.2) is 0 Å². The van der Waals surface area contributed by atoms with E-state index in [1.807, 2.05) is 0 Å². The van der Waals surface area contributed by atoms with E-state index in [-0.39, 0.29) is 0 Å². The van der Waals surface area contributed by atoms with Crippen LogP contribution in [0.2, 0.25) is 0 Å². The van der Waals surface area contributed by atoms with Crippen molar-refractivity contribution in [2.24, 2.45) is 10.7 Å². The second-order valence-electron chi connectivity index (χ2n) is 1.39. The zero-order chi connectivity index (χ0) is 6.41. The highest BCUT2D eigenvalue weighted by Crippen LogP contribution is 1.74. The predicted octanol–water partition coefficient (Wildman–Crippen LogP) is 1.06. The molecule has 0 aromatic carbocycles. The quantitative estimate of drug-likeness (QED) is 0.530. The predicted molar refractivity (Wildman–Crippen MR) is 36.6 cm³/mol. The van der Waals surface area contributed by atoms with Crippen LogP contribution < -0.4 is 5.73 Å². The van der Waals surface area contributed by atoms with Crippen molar-refractivity contribution < 1.29 is 0 Å². The molecule has 0 radical (unpaired) electrons. The summed E-state index contributed by atoms with van der Waals surface area (Å²) in [6, 6.07) is 0. The number of nitrogens with two attached hydrogens (primary N) is 1. The van der Waals surface area contributed by atoms with E-state index in [9.17, 15) is 0 Å². The van der Waals surface area contributed by atoms with Crippen molar-refractivity contribution in [1.29, 1.82) is 0 Å². The Morgan fingerprint density at radius 3 is 2.75 bits per heavy atom. The van der Waals surface area contributed by atoms with Crippen LogP contribution in [-0.4, -0.2) is 6.21 Å². The van der Waals surface area contributed by atoms with Gasteiger partial charge >= 0.3 is 0 Å². The smallest absolute Gasteiger partial charge is 0.0284 e. The minimum absolute atomic E-state index is 0.746. The van der Waals surface area contributed by atoms with Gasteiger partial charge in [-0.05, 0) is 13.0 Å². The van der Waals surface area contributed by atoms with E-state index in [1.54, 1.807) is 19.2 Å². The van der Waals surface area contributed by atoms with Crippen molar-refractivity contribution in [3.63, 3.8) is 0 Å². The molecule has 44 valence electrons. The van der Waals surface area contributed by atoms with Gasteiger partial charge in [0.25, 0.3) is 0 Å². The number of allylic oxidation sites excluding steroid dienone is 2. The molecule has 0 heterocycles. The Morgan fingerprint density at radius 2 is 2.38 bits per heavy atom. The molecule has 0 spiro atoms. The summed E-state index contributed by atoms with van der Waals surface area (Å²) in [5.41, 5.74) is 6.01. The molecule has 0 rings (SSSR count). The highest BCUT2D eigenvalue weighted by Gasteiger charge is 1.67.